The van der Waals surface area contributed by atoms with Gasteiger partial charge in [-0.05, 0) is 87.5 Å². The normalized spacial score (nSPS) is 13.4. The molecule has 0 saturated carbocycles. The van der Waals surface area contributed by atoms with Crippen molar-refractivity contribution in [2.24, 2.45) is 0 Å². The maximum atomic E-state index is 6.59. The second-order valence-electron chi connectivity index (χ2n) is 14.9. The Morgan fingerprint density at radius 2 is 1.04 bits per heavy atom. The number of rotatable bonds is 5. The molecule has 1 unspecified atom stereocenters. The SMILES string of the molecule is c1ccc(-c2ccc3c(c2)-c2ccccc2C3c2ccc3oc4cc(-c5nc(-c6ccccc6)cc(-c6cccc7c6oc6ccccc67)n5)ccc4c3c2)cc1. The summed E-state index contributed by atoms with van der Waals surface area (Å²) in [4.78, 5) is 10.3. The fourth-order valence-corrected chi connectivity index (χ4v) is 8.91. The van der Waals surface area contributed by atoms with Crippen LogP contribution in [-0.4, -0.2) is 9.97 Å². The fraction of sp³-hybridized carbons (Fsp3) is 0.0189. The number of benzene rings is 8. The van der Waals surface area contributed by atoms with Crippen LogP contribution in [0.15, 0.2) is 197 Å². The largest absolute Gasteiger partial charge is 0.456 e. The molecule has 4 nitrogen and oxygen atoms in total. The Morgan fingerprint density at radius 3 is 1.93 bits per heavy atom. The van der Waals surface area contributed by atoms with E-state index in [0.717, 1.165) is 72.0 Å². The van der Waals surface area contributed by atoms with Gasteiger partial charge >= 0.3 is 0 Å². The minimum Gasteiger partial charge on any atom is -0.456 e. The lowest BCUT2D eigenvalue weighted by atomic mass is 9.88. The van der Waals surface area contributed by atoms with E-state index in [1.165, 1.54) is 38.9 Å². The molecule has 0 bridgehead atoms. The summed E-state index contributed by atoms with van der Waals surface area (Å²) in [6.07, 6.45) is 0. The molecule has 1 atom stereocenters. The van der Waals surface area contributed by atoms with Gasteiger partial charge in [-0.25, -0.2) is 9.97 Å². The average molecular weight is 729 g/mol. The first-order valence-electron chi connectivity index (χ1n) is 19.3. The van der Waals surface area contributed by atoms with Crippen LogP contribution >= 0.6 is 0 Å². The highest BCUT2D eigenvalue weighted by molar-refractivity contribution is 6.10. The zero-order chi connectivity index (χ0) is 37.5. The van der Waals surface area contributed by atoms with Crippen LogP contribution in [0.2, 0.25) is 0 Å². The topological polar surface area (TPSA) is 52.1 Å². The van der Waals surface area contributed by atoms with E-state index in [2.05, 4.69) is 152 Å². The van der Waals surface area contributed by atoms with E-state index in [0.29, 0.717) is 5.82 Å². The molecule has 0 saturated heterocycles. The molecule has 3 aromatic heterocycles. The number of para-hydroxylation sites is 2. The van der Waals surface area contributed by atoms with Crippen LogP contribution < -0.4 is 0 Å². The first-order valence-corrected chi connectivity index (χ1v) is 19.3. The summed E-state index contributed by atoms with van der Waals surface area (Å²) in [5.41, 5.74) is 16.7. The molecule has 0 spiro atoms. The molecule has 0 radical (unpaired) electrons. The molecule has 11 aromatic rings. The van der Waals surface area contributed by atoms with Crippen LogP contribution in [0.3, 0.4) is 0 Å². The molecule has 4 heteroatoms. The highest BCUT2D eigenvalue weighted by Gasteiger charge is 2.30. The highest BCUT2D eigenvalue weighted by Crippen LogP contribution is 2.50. The van der Waals surface area contributed by atoms with Crippen molar-refractivity contribution >= 4 is 43.9 Å². The van der Waals surface area contributed by atoms with Gasteiger partial charge in [0.25, 0.3) is 0 Å². The van der Waals surface area contributed by atoms with Gasteiger partial charge in [-0.3, -0.25) is 0 Å². The summed E-state index contributed by atoms with van der Waals surface area (Å²) in [6.45, 7) is 0. The van der Waals surface area contributed by atoms with Crippen LogP contribution in [0.25, 0.3) is 100 Å². The predicted molar refractivity (Wildman–Crippen MR) is 231 cm³/mol. The summed E-state index contributed by atoms with van der Waals surface area (Å²) >= 11 is 0. The number of fused-ring (bicyclic) bond motifs is 9. The van der Waals surface area contributed by atoms with Gasteiger partial charge in [0.2, 0.25) is 0 Å². The Kier molecular flexibility index (Phi) is 6.96. The standard InChI is InChI=1S/C53H32N2O2/c1-3-12-32(13-4-1)34-22-26-41-44(28-34)37-16-7-8-18-40(37)51(41)35-24-27-49-45(29-35)39-25-23-36(30-50(39)56-49)53-54-46(33-14-5-2-6-15-33)31-47(55-53)43-20-11-19-42-38-17-9-10-21-48(38)57-52(42)43/h1-31,51H. The van der Waals surface area contributed by atoms with Crippen LogP contribution in [0, 0.1) is 0 Å². The molecule has 12 rings (SSSR count). The molecule has 1 aliphatic carbocycles. The van der Waals surface area contributed by atoms with Gasteiger partial charge in [0.15, 0.2) is 5.82 Å². The maximum absolute atomic E-state index is 6.59. The quantitative estimate of drug-likeness (QED) is 0.177. The van der Waals surface area contributed by atoms with Crippen LogP contribution in [0.1, 0.15) is 22.6 Å². The van der Waals surface area contributed by atoms with Crippen molar-refractivity contribution in [1.82, 2.24) is 9.97 Å². The lowest BCUT2D eigenvalue weighted by Crippen LogP contribution is -1.99. The summed E-state index contributed by atoms with van der Waals surface area (Å²) in [5, 5.41) is 4.31. The molecular formula is C53H32N2O2. The van der Waals surface area contributed by atoms with E-state index < -0.39 is 0 Å². The Bertz CT molecular complexity index is 3360. The van der Waals surface area contributed by atoms with Gasteiger partial charge in [0, 0.05) is 44.2 Å². The smallest absolute Gasteiger partial charge is 0.160 e. The third kappa shape index (κ3) is 5.08. The van der Waals surface area contributed by atoms with Crippen molar-refractivity contribution in [3.8, 4) is 56.2 Å². The average Bonchev–Trinajstić information content (AvgIpc) is 3.95. The van der Waals surface area contributed by atoms with Gasteiger partial charge in [-0.2, -0.15) is 0 Å². The zero-order valence-corrected chi connectivity index (χ0v) is 30.7. The third-order valence-electron chi connectivity index (χ3n) is 11.6. The van der Waals surface area contributed by atoms with E-state index in [1.54, 1.807) is 0 Å². The molecule has 266 valence electrons. The number of nitrogens with zero attached hydrogens (tertiary/aromatic N) is 2. The van der Waals surface area contributed by atoms with Crippen molar-refractivity contribution in [2.45, 2.75) is 5.92 Å². The Balaban J connectivity index is 0.975. The van der Waals surface area contributed by atoms with E-state index in [1.807, 2.05) is 36.4 Å². The number of hydrogen-bond acceptors (Lipinski definition) is 4. The van der Waals surface area contributed by atoms with Crippen molar-refractivity contribution in [3.63, 3.8) is 0 Å². The van der Waals surface area contributed by atoms with Gasteiger partial charge < -0.3 is 8.83 Å². The number of hydrogen-bond donors (Lipinski definition) is 0. The summed E-state index contributed by atoms with van der Waals surface area (Å²) in [6, 6.07) is 66.2. The van der Waals surface area contributed by atoms with Crippen LogP contribution in [0.4, 0.5) is 0 Å². The number of furan rings is 2. The van der Waals surface area contributed by atoms with Crippen molar-refractivity contribution in [3.05, 3.63) is 205 Å². The molecular weight excluding hydrogens is 697 g/mol. The third-order valence-corrected chi connectivity index (χ3v) is 11.6. The minimum absolute atomic E-state index is 0.124. The van der Waals surface area contributed by atoms with Gasteiger partial charge in [-0.15, -0.1) is 0 Å². The van der Waals surface area contributed by atoms with Crippen LogP contribution in [-0.2, 0) is 0 Å². The predicted octanol–water partition coefficient (Wildman–Crippen LogP) is 14.1. The first-order chi connectivity index (χ1) is 28.2. The molecule has 0 amide bonds. The van der Waals surface area contributed by atoms with E-state index in [-0.39, 0.29) is 5.92 Å². The Labute approximate surface area is 328 Å². The van der Waals surface area contributed by atoms with Crippen molar-refractivity contribution in [2.75, 3.05) is 0 Å². The Hall–Kier alpha value is -7.56. The number of aromatic nitrogens is 2. The van der Waals surface area contributed by atoms with Gasteiger partial charge in [-0.1, -0.05) is 140 Å². The van der Waals surface area contributed by atoms with Crippen molar-refractivity contribution in [1.29, 1.82) is 0 Å². The zero-order valence-electron chi connectivity index (χ0n) is 30.7. The van der Waals surface area contributed by atoms with Gasteiger partial charge in [0.05, 0.1) is 11.4 Å². The molecule has 3 heterocycles. The molecule has 0 N–H and O–H groups in total. The monoisotopic (exact) mass is 728 g/mol. The molecule has 1 aliphatic rings. The molecule has 0 fully saturated rings. The first kappa shape index (κ1) is 31.8. The molecule has 8 aromatic carbocycles. The van der Waals surface area contributed by atoms with Crippen molar-refractivity contribution < 1.29 is 8.83 Å². The molecule has 57 heavy (non-hydrogen) atoms. The van der Waals surface area contributed by atoms with E-state index in [9.17, 15) is 0 Å². The summed E-state index contributed by atoms with van der Waals surface area (Å²) in [5.74, 6) is 0.745. The summed E-state index contributed by atoms with van der Waals surface area (Å²) < 4.78 is 13.0. The lowest BCUT2D eigenvalue weighted by Gasteiger charge is -2.15. The highest BCUT2D eigenvalue weighted by atomic mass is 16.3. The van der Waals surface area contributed by atoms with Gasteiger partial charge in [0.1, 0.15) is 22.3 Å². The van der Waals surface area contributed by atoms with E-state index in [4.69, 9.17) is 18.8 Å². The minimum atomic E-state index is 0.124. The second kappa shape index (κ2) is 12.5. The van der Waals surface area contributed by atoms with Crippen LogP contribution in [0.5, 0.6) is 0 Å². The maximum Gasteiger partial charge on any atom is 0.160 e. The Morgan fingerprint density at radius 1 is 0.351 bits per heavy atom. The summed E-state index contributed by atoms with van der Waals surface area (Å²) in [7, 11) is 0. The second-order valence-corrected chi connectivity index (χ2v) is 14.9. The molecule has 0 aliphatic heterocycles. The fourth-order valence-electron chi connectivity index (χ4n) is 8.91. The lowest BCUT2D eigenvalue weighted by molar-refractivity contribution is 0.668. The van der Waals surface area contributed by atoms with E-state index >= 15 is 0 Å².